The molecule has 0 aliphatic rings. The maximum atomic E-state index is 13.1. The molecule has 11 nitrogen and oxygen atoms in total. The number of ether oxygens (including phenoxy) is 2. The molecule has 0 saturated heterocycles. The van der Waals surface area contributed by atoms with Gasteiger partial charge < -0.3 is 19.7 Å². The van der Waals surface area contributed by atoms with Crippen molar-refractivity contribution in [3.63, 3.8) is 0 Å². The molecule has 0 bridgehead atoms. The lowest BCUT2D eigenvalue weighted by molar-refractivity contribution is -0.155. The fourth-order valence-electron chi connectivity index (χ4n) is 3.25. The lowest BCUT2D eigenvalue weighted by Gasteiger charge is -2.26. The molecule has 0 aliphatic heterocycles. The summed E-state index contributed by atoms with van der Waals surface area (Å²) in [6, 6.07) is 6.32. The summed E-state index contributed by atoms with van der Waals surface area (Å²) in [5, 5.41) is 14.9. The predicted molar refractivity (Wildman–Crippen MR) is 134 cm³/mol. The lowest BCUT2D eigenvalue weighted by Crippen LogP contribution is -2.39. The Labute approximate surface area is 212 Å². The first-order valence-electron chi connectivity index (χ1n) is 12.0. The minimum Gasteiger partial charge on any atom is -0.460 e. The molecule has 0 fully saturated rings. The van der Waals surface area contributed by atoms with E-state index in [1.54, 1.807) is 79.8 Å². The van der Waals surface area contributed by atoms with Gasteiger partial charge in [0.15, 0.2) is 5.82 Å². The van der Waals surface area contributed by atoms with Gasteiger partial charge in [-0.25, -0.2) is 4.79 Å². The van der Waals surface area contributed by atoms with E-state index in [2.05, 4.69) is 20.7 Å². The Morgan fingerprint density at radius 3 is 2.33 bits per heavy atom. The highest BCUT2D eigenvalue weighted by molar-refractivity contribution is 5.95. The molecule has 1 atom stereocenters. The van der Waals surface area contributed by atoms with Crippen LogP contribution in [0.5, 0.6) is 0 Å². The number of nitrogens with one attached hydrogen (secondary N) is 1. The van der Waals surface area contributed by atoms with Gasteiger partial charge in [-0.2, -0.15) is 0 Å². The summed E-state index contributed by atoms with van der Waals surface area (Å²) in [5.74, 6) is -0.245. The molecule has 198 valence electrons. The fraction of sp³-hybridized carbons (Fsp3) is 0.600. The number of esters is 1. The summed E-state index contributed by atoms with van der Waals surface area (Å²) in [6.45, 7) is 12.9. The smallest absolute Gasteiger partial charge is 0.410 e. The molecule has 1 heterocycles. The zero-order valence-electron chi connectivity index (χ0n) is 22.5. The molecule has 0 aliphatic carbocycles. The SMILES string of the molecule is Cc1nnn(-c2cccc(C(=O)N[C@@H](CCCN(C)C(=O)OC(C)(C)C)CC(=O)OC(C)(C)C)c2)n1. The molecular formula is C25H38N6O5. The van der Waals surface area contributed by atoms with E-state index in [1.165, 1.54) is 9.70 Å². The molecule has 11 heteroatoms. The first-order valence-corrected chi connectivity index (χ1v) is 12.0. The van der Waals surface area contributed by atoms with Crippen molar-refractivity contribution in [2.45, 2.75) is 85.0 Å². The second kappa shape index (κ2) is 12.0. The summed E-state index contributed by atoms with van der Waals surface area (Å²) >= 11 is 0. The molecule has 36 heavy (non-hydrogen) atoms. The Morgan fingerprint density at radius 1 is 1.08 bits per heavy atom. The van der Waals surface area contributed by atoms with Crippen LogP contribution in [0.3, 0.4) is 0 Å². The average molecular weight is 503 g/mol. The third-order valence-corrected chi connectivity index (χ3v) is 4.77. The Hall–Kier alpha value is -3.50. The van der Waals surface area contributed by atoms with Crippen LogP contribution >= 0.6 is 0 Å². The molecule has 2 aromatic rings. The van der Waals surface area contributed by atoms with Crippen LogP contribution in [0.15, 0.2) is 24.3 Å². The van der Waals surface area contributed by atoms with Gasteiger partial charge >= 0.3 is 12.1 Å². The van der Waals surface area contributed by atoms with Crippen molar-refractivity contribution in [3.05, 3.63) is 35.7 Å². The van der Waals surface area contributed by atoms with E-state index in [0.717, 1.165) is 0 Å². The maximum absolute atomic E-state index is 13.1. The zero-order chi connectivity index (χ0) is 27.1. The maximum Gasteiger partial charge on any atom is 0.410 e. The topological polar surface area (TPSA) is 129 Å². The second-order valence-electron chi connectivity index (χ2n) is 10.7. The minimum atomic E-state index is -0.639. The Kier molecular flexibility index (Phi) is 9.55. The number of benzene rings is 1. The van der Waals surface area contributed by atoms with Crippen LogP contribution in [-0.4, -0.2) is 73.9 Å². The van der Waals surface area contributed by atoms with E-state index in [9.17, 15) is 14.4 Å². The number of amides is 2. The third kappa shape index (κ3) is 10.0. The Morgan fingerprint density at radius 2 is 1.75 bits per heavy atom. The van der Waals surface area contributed by atoms with Crippen molar-refractivity contribution in [3.8, 4) is 5.69 Å². The van der Waals surface area contributed by atoms with Crippen LogP contribution in [0.1, 0.15) is 77.0 Å². The molecule has 0 unspecified atom stereocenters. The van der Waals surface area contributed by atoms with Gasteiger partial charge in [-0.15, -0.1) is 15.0 Å². The van der Waals surface area contributed by atoms with E-state index < -0.39 is 29.3 Å². The molecule has 2 amide bonds. The highest BCUT2D eigenvalue weighted by Crippen LogP contribution is 2.15. The number of hydrogen-bond donors (Lipinski definition) is 1. The fourth-order valence-corrected chi connectivity index (χ4v) is 3.25. The summed E-state index contributed by atoms with van der Waals surface area (Å²) in [7, 11) is 1.65. The van der Waals surface area contributed by atoms with Crippen LogP contribution in [0.25, 0.3) is 5.69 Å². The normalized spacial score (nSPS) is 12.6. The van der Waals surface area contributed by atoms with Gasteiger partial charge in [-0.3, -0.25) is 9.59 Å². The first kappa shape index (κ1) is 28.7. The van der Waals surface area contributed by atoms with E-state index >= 15 is 0 Å². The average Bonchev–Trinajstić information content (AvgIpc) is 3.17. The van der Waals surface area contributed by atoms with Gasteiger partial charge in [-0.1, -0.05) is 6.07 Å². The third-order valence-electron chi connectivity index (χ3n) is 4.77. The van der Waals surface area contributed by atoms with Gasteiger partial charge in [0.1, 0.15) is 11.2 Å². The highest BCUT2D eigenvalue weighted by Gasteiger charge is 2.24. The van der Waals surface area contributed by atoms with Crippen LogP contribution in [0.4, 0.5) is 4.79 Å². The van der Waals surface area contributed by atoms with Crippen molar-refractivity contribution >= 4 is 18.0 Å². The van der Waals surface area contributed by atoms with E-state index in [-0.39, 0.29) is 12.3 Å². The number of aromatic nitrogens is 4. The van der Waals surface area contributed by atoms with Crippen LogP contribution < -0.4 is 5.32 Å². The quantitative estimate of drug-likeness (QED) is 0.516. The first-order chi connectivity index (χ1) is 16.6. The number of carbonyl (C=O) groups excluding carboxylic acids is 3. The largest absolute Gasteiger partial charge is 0.460 e. The van der Waals surface area contributed by atoms with Crippen molar-refractivity contribution < 1.29 is 23.9 Å². The monoisotopic (exact) mass is 502 g/mol. The zero-order valence-corrected chi connectivity index (χ0v) is 22.5. The van der Waals surface area contributed by atoms with Gasteiger partial charge in [0.05, 0.1) is 12.1 Å². The molecule has 1 N–H and O–H groups in total. The van der Waals surface area contributed by atoms with E-state index in [1.807, 2.05) is 0 Å². The summed E-state index contributed by atoms with van der Waals surface area (Å²) in [5.41, 5.74) is -0.249. The van der Waals surface area contributed by atoms with Gasteiger partial charge in [0, 0.05) is 25.2 Å². The van der Waals surface area contributed by atoms with Crippen molar-refractivity contribution in [1.82, 2.24) is 30.4 Å². The summed E-state index contributed by atoms with van der Waals surface area (Å²) < 4.78 is 10.8. The molecule has 1 aromatic heterocycles. The molecule has 0 radical (unpaired) electrons. The molecule has 2 rings (SSSR count). The minimum absolute atomic E-state index is 0.00266. The molecular weight excluding hydrogens is 464 g/mol. The van der Waals surface area contributed by atoms with Gasteiger partial charge in [0.25, 0.3) is 5.91 Å². The van der Waals surface area contributed by atoms with Crippen molar-refractivity contribution in [2.75, 3.05) is 13.6 Å². The number of hydrogen-bond acceptors (Lipinski definition) is 8. The van der Waals surface area contributed by atoms with Crippen molar-refractivity contribution in [2.24, 2.45) is 0 Å². The Balaban J connectivity index is 2.07. The molecule has 0 spiro atoms. The number of carbonyl (C=O) groups is 3. The molecule has 1 aromatic carbocycles. The standard InChI is InChI=1S/C25H38N6O5/c1-17-27-29-31(28-17)20-13-9-11-18(15-20)22(33)26-19(16-21(32)35-24(2,3)4)12-10-14-30(8)23(34)36-25(5,6)7/h9,11,13,15,19H,10,12,14,16H2,1-8H3,(H,26,33)/t19-/m0/s1. The number of aryl methyl sites for hydroxylation is 1. The van der Waals surface area contributed by atoms with E-state index in [0.29, 0.717) is 36.5 Å². The predicted octanol–water partition coefficient (Wildman–Crippen LogP) is 3.45. The summed E-state index contributed by atoms with van der Waals surface area (Å²) in [6.07, 6.45) is 0.583. The summed E-state index contributed by atoms with van der Waals surface area (Å²) in [4.78, 5) is 40.6. The number of tetrazole rings is 1. The van der Waals surface area contributed by atoms with E-state index in [4.69, 9.17) is 9.47 Å². The van der Waals surface area contributed by atoms with Crippen molar-refractivity contribution in [1.29, 1.82) is 0 Å². The van der Waals surface area contributed by atoms with Crippen LogP contribution in [0, 0.1) is 6.92 Å². The molecule has 0 saturated carbocycles. The van der Waals surface area contributed by atoms with Gasteiger partial charge in [-0.05, 0) is 84.7 Å². The number of nitrogens with zero attached hydrogens (tertiary/aromatic N) is 5. The Bertz CT molecular complexity index is 1050. The highest BCUT2D eigenvalue weighted by atomic mass is 16.6. The lowest BCUT2D eigenvalue weighted by atomic mass is 10.1. The van der Waals surface area contributed by atoms with Gasteiger partial charge in [0.2, 0.25) is 0 Å². The van der Waals surface area contributed by atoms with Crippen LogP contribution in [0.2, 0.25) is 0 Å². The number of rotatable bonds is 9. The second-order valence-corrected chi connectivity index (χ2v) is 10.7. The van der Waals surface area contributed by atoms with Crippen LogP contribution in [-0.2, 0) is 14.3 Å².